The van der Waals surface area contributed by atoms with Gasteiger partial charge in [0, 0.05) is 24.8 Å². The van der Waals surface area contributed by atoms with Crippen LogP contribution in [0.1, 0.15) is 22.3 Å². The fraction of sp³-hybridized carbons (Fsp3) is 0.533. The van der Waals surface area contributed by atoms with E-state index >= 15 is 0 Å². The number of β-amino-alcohol motifs (C(OH)–C–C–N with tert-alkyl or cyclic N) is 1. The lowest BCUT2D eigenvalue weighted by Crippen LogP contribution is -2.38. The van der Waals surface area contributed by atoms with Crippen molar-refractivity contribution in [3.63, 3.8) is 0 Å². The third-order valence-corrected chi connectivity index (χ3v) is 3.72. The van der Waals surface area contributed by atoms with E-state index in [4.69, 9.17) is 5.11 Å². The summed E-state index contributed by atoms with van der Waals surface area (Å²) in [6, 6.07) is 5.42. The van der Waals surface area contributed by atoms with E-state index in [-0.39, 0.29) is 12.1 Å². The number of nitrogens with zero attached hydrogens (tertiary/aromatic N) is 2. The van der Waals surface area contributed by atoms with E-state index in [2.05, 4.69) is 9.80 Å². The molecule has 2 atom stereocenters. The number of likely N-dealkylation sites (N-methyl/N-ethyl adjacent to an activating group) is 1. The zero-order valence-corrected chi connectivity index (χ0v) is 12.2. The molecule has 1 fully saturated rings. The molecule has 0 saturated carbocycles. The molecular weight excluding hydrogens is 256 g/mol. The average molecular weight is 278 g/mol. The van der Waals surface area contributed by atoms with Gasteiger partial charge in [-0.05, 0) is 51.2 Å². The maximum absolute atomic E-state index is 11.0. The van der Waals surface area contributed by atoms with Gasteiger partial charge in [0.25, 0.3) is 0 Å². The van der Waals surface area contributed by atoms with Crippen molar-refractivity contribution < 1.29 is 15.0 Å². The maximum Gasteiger partial charge on any atom is 0.335 e. The molecular formula is C15H22N2O3. The Morgan fingerprint density at radius 3 is 2.70 bits per heavy atom. The number of aromatic carboxylic acids is 1. The normalized spacial score (nSPS) is 22.6. The molecule has 0 radical (unpaired) electrons. The fourth-order valence-corrected chi connectivity index (χ4v) is 2.89. The number of aryl methyl sites for hydroxylation is 1. The summed E-state index contributed by atoms with van der Waals surface area (Å²) in [7, 11) is 4.03. The minimum Gasteiger partial charge on any atom is -0.478 e. The Hall–Kier alpha value is -1.59. The van der Waals surface area contributed by atoms with Gasteiger partial charge in [0.1, 0.15) is 0 Å². The van der Waals surface area contributed by atoms with Crippen molar-refractivity contribution in [2.24, 2.45) is 0 Å². The van der Waals surface area contributed by atoms with Crippen LogP contribution in [0.2, 0.25) is 0 Å². The first-order chi connectivity index (χ1) is 9.38. The van der Waals surface area contributed by atoms with Crippen LogP contribution in [-0.4, -0.2) is 60.4 Å². The van der Waals surface area contributed by atoms with Gasteiger partial charge in [0.2, 0.25) is 0 Å². The van der Waals surface area contributed by atoms with Crippen molar-refractivity contribution in [3.8, 4) is 0 Å². The second-order valence-electron chi connectivity index (χ2n) is 5.76. The van der Waals surface area contributed by atoms with Crippen LogP contribution in [-0.2, 0) is 0 Å². The van der Waals surface area contributed by atoms with E-state index in [1.807, 2.05) is 27.1 Å². The summed E-state index contributed by atoms with van der Waals surface area (Å²) >= 11 is 0. The highest BCUT2D eigenvalue weighted by Crippen LogP contribution is 2.29. The lowest BCUT2D eigenvalue weighted by molar-refractivity contribution is 0.0697. The molecule has 0 aliphatic carbocycles. The number of hydrogen-bond acceptors (Lipinski definition) is 4. The summed E-state index contributed by atoms with van der Waals surface area (Å²) in [4.78, 5) is 15.3. The van der Waals surface area contributed by atoms with Crippen LogP contribution >= 0.6 is 0 Å². The van der Waals surface area contributed by atoms with Crippen molar-refractivity contribution in [2.75, 3.05) is 32.1 Å². The Labute approximate surface area is 119 Å². The van der Waals surface area contributed by atoms with Crippen LogP contribution in [0, 0.1) is 6.92 Å². The number of benzene rings is 1. The SMILES string of the molecule is Cc1cc(C(=O)O)ccc1N1CC(O)CC1CN(C)C. The predicted octanol–water partition coefficient (Wildman–Crippen LogP) is 1.19. The zero-order chi connectivity index (χ0) is 14.9. The minimum atomic E-state index is -0.911. The molecule has 0 aromatic heterocycles. The molecule has 1 saturated heterocycles. The smallest absolute Gasteiger partial charge is 0.335 e. The van der Waals surface area contributed by atoms with Crippen molar-refractivity contribution in [1.29, 1.82) is 0 Å². The summed E-state index contributed by atoms with van der Waals surface area (Å²) < 4.78 is 0. The molecule has 2 N–H and O–H groups in total. The number of aliphatic hydroxyl groups is 1. The number of hydrogen-bond donors (Lipinski definition) is 2. The number of carboxylic acid groups (broad SMARTS) is 1. The molecule has 1 aliphatic rings. The van der Waals surface area contributed by atoms with E-state index in [1.54, 1.807) is 12.1 Å². The average Bonchev–Trinajstić information content (AvgIpc) is 2.68. The Balaban J connectivity index is 2.27. The summed E-state index contributed by atoms with van der Waals surface area (Å²) in [5, 5.41) is 18.9. The Bertz CT molecular complexity index is 502. The van der Waals surface area contributed by atoms with Gasteiger partial charge in [-0.15, -0.1) is 0 Å². The molecule has 1 heterocycles. The number of aliphatic hydroxyl groups excluding tert-OH is 1. The van der Waals surface area contributed by atoms with Crippen LogP contribution in [0.25, 0.3) is 0 Å². The van der Waals surface area contributed by atoms with E-state index < -0.39 is 5.97 Å². The quantitative estimate of drug-likeness (QED) is 0.866. The molecule has 1 aromatic rings. The maximum atomic E-state index is 11.0. The third kappa shape index (κ3) is 3.11. The van der Waals surface area contributed by atoms with Gasteiger partial charge in [-0.25, -0.2) is 4.79 Å². The highest BCUT2D eigenvalue weighted by molar-refractivity contribution is 5.88. The molecule has 2 unspecified atom stereocenters. The lowest BCUT2D eigenvalue weighted by atomic mass is 10.1. The lowest BCUT2D eigenvalue weighted by Gasteiger charge is -2.30. The van der Waals surface area contributed by atoms with Gasteiger partial charge in [-0.2, -0.15) is 0 Å². The molecule has 0 spiro atoms. The van der Waals surface area contributed by atoms with Gasteiger partial charge in [0.05, 0.1) is 11.7 Å². The van der Waals surface area contributed by atoms with Crippen molar-refractivity contribution in [3.05, 3.63) is 29.3 Å². The first-order valence-corrected chi connectivity index (χ1v) is 6.82. The minimum absolute atomic E-state index is 0.259. The number of rotatable bonds is 4. The number of anilines is 1. The Morgan fingerprint density at radius 1 is 1.45 bits per heavy atom. The van der Waals surface area contributed by atoms with Gasteiger partial charge in [-0.3, -0.25) is 0 Å². The van der Waals surface area contributed by atoms with Crippen LogP contribution in [0.3, 0.4) is 0 Å². The van der Waals surface area contributed by atoms with Crippen LogP contribution in [0.5, 0.6) is 0 Å². The summed E-state index contributed by atoms with van der Waals surface area (Å²) in [5.74, 6) is -0.911. The first-order valence-electron chi connectivity index (χ1n) is 6.82. The van der Waals surface area contributed by atoms with E-state index in [1.165, 1.54) is 0 Å². The molecule has 2 rings (SSSR count). The van der Waals surface area contributed by atoms with Crippen LogP contribution in [0.15, 0.2) is 18.2 Å². The van der Waals surface area contributed by atoms with Crippen LogP contribution in [0.4, 0.5) is 5.69 Å². The molecule has 0 amide bonds. The standard InChI is InChI=1S/C15H22N2O3/c1-10-6-11(15(19)20)4-5-14(10)17-9-13(18)7-12(17)8-16(2)3/h4-6,12-13,18H,7-9H2,1-3H3,(H,19,20). The highest BCUT2D eigenvalue weighted by atomic mass is 16.4. The molecule has 20 heavy (non-hydrogen) atoms. The second-order valence-corrected chi connectivity index (χ2v) is 5.76. The van der Waals surface area contributed by atoms with E-state index in [0.29, 0.717) is 12.1 Å². The van der Waals surface area contributed by atoms with Crippen molar-refractivity contribution >= 4 is 11.7 Å². The molecule has 5 nitrogen and oxygen atoms in total. The van der Waals surface area contributed by atoms with Gasteiger partial charge in [-0.1, -0.05) is 0 Å². The molecule has 5 heteroatoms. The van der Waals surface area contributed by atoms with Crippen molar-refractivity contribution in [1.82, 2.24) is 4.90 Å². The molecule has 1 aromatic carbocycles. The molecule has 0 bridgehead atoms. The number of carbonyl (C=O) groups is 1. The molecule has 110 valence electrons. The largest absolute Gasteiger partial charge is 0.478 e. The van der Waals surface area contributed by atoms with Gasteiger partial charge >= 0.3 is 5.97 Å². The van der Waals surface area contributed by atoms with Gasteiger partial charge in [0.15, 0.2) is 0 Å². The van der Waals surface area contributed by atoms with E-state index in [9.17, 15) is 9.90 Å². The first kappa shape index (κ1) is 14.8. The predicted molar refractivity (Wildman–Crippen MR) is 78.5 cm³/mol. The Morgan fingerprint density at radius 2 is 2.15 bits per heavy atom. The second kappa shape index (κ2) is 5.81. The Kier molecular flexibility index (Phi) is 4.30. The fourth-order valence-electron chi connectivity index (χ4n) is 2.89. The highest BCUT2D eigenvalue weighted by Gasteiger charge is 2.32. The summed E-state index contributed by atoms with van der Waals surface area (Å²) in [6.07, 6.45) is 0.427. The van der Waals surface area contributed by atoms with Gasteiger partial charge < -0.3 is 20.0 Å². The summed E-state index contributed by atoms with van der Waals surface area (Å²) in [6.45, 7) is 3.39. The van der Waals surface area contributed by atoms with Crippen LogP contribution < -0.4 is 4.90 Å². The third-order valence-electron chi connectivity index (χ3n) is 3.72. The number of carboxylic acids is 1. The van der Waals surface area contributed by atoms with E-state index in [0.717, 1.165) is 24.2 Å². The topological polar surface area (TPSA) is 64.0 Å². The summed E-state index contributed by atoms with van der Waals surface area (Å²) in [5.41, 5.74) is 2.25. The van der Waals surface area contributed by atoms with Crippen molar-refractivity contribution in [2.45, 2.75) is 25.5 Å². The monoisotopic (exact) mass is 278 g/mol. The zero-order valence-electron chi connectivity index (χ0n) is 12.2. The molecule has 1 aliphatic heterocycles.